The molecule has 102 valence electrons. The monoisotopic (exact) mass is 252 g/mol. The molecular weight excluding hydrogens is 226 g/mol. The van der Waals surface area contributed by atoms with Crippen LogP contribution in [-0.2, 0) is 0 Å². The summed E-state index contributed by atoms with van der Waals surface area (Å²) < 4.78 is 5.94. The number of nitrogens with two attached hydrogens (primary N) is 1. The summed E-state index contributed by atoms with van der Waals surface area (Å²) >= 11 is 0. The van der Waals surface area contributed by atoms with E-state index in [2.05, 4.69) is 32.2 Å². The molecule has 0 aliphatic carbocycles. The number of ether oxygens (including phenoxy) is 1. The smallest absolute Gasteiger partial charge is 0.122 e. The van der Waals surface area contributed by atoms with Crippen molar-refractivity contribution in [3.63, 3.8) is 0 Å². The van der Waals surface area contributed by atoms with Gasteiger partial charge in [-0.15, -0.1) is 0 Å². The van der Waals surface area contributed by atoms with E-state index in [1.165, 1.54) is 5.56 Å². The van der Waals surface area contributed by atoms with Crippen molar-refractivity contribution < 1.29 is 15.2 Å². The number of aryl methyl sites for hydroxylation is 1. The van der Waals surface area contributed by atoms with Crippen LogP contribution >= 0.6 is 0 Å². The summed E-state index contributed by atoms with van der Waals surface area (Å²) in [6.45, 7) is 7.41. The fourth-order valence-electron chi connectivity index (χ4n) is 1.94. The van der Waals surface area contributed by atoms with Crippen molar-refractivity contribution in [1.29, 1.82) is 0 Å². The summed E-state index contributed by atoms with van der Waals surface area (Å²) in [4.78, 5) is 0. The Kier molecular flexibility index (Phi) is 6.76. The van der Waals surface area contributed by atoms with Gasteiger partial charge < -0.3 is 15.2 Å². The first-order valence-electron chi connectivity index (χ1n) is 6.80. The maximum atomic E-state index is 8.76. The third-order valence-electron chi connectivity index (χ3n) is 3.15. The third kappa shape index (κ3) is 5.52. The number of quaternary nitrogens is 1. The molecule has 0 aliphatic heterocycles. The van der Waals surface area contributed by atoms with E-state index in [9.17, 15) is 0 Å². The molecule has 18 heavy (non-hydrogen) atoms. The van der Waals surface area contributed by atoms with E-state index in [0.29, 0.717) is 6.04 Å². The topological polar surface area (TPSA) is 46.1 Å². The summed E-state index contributed by atoms with van der Waals surface area (Å²) in [5.41, 5.74) is 1.18. The highest BCUT2D eigenvalue weighted by Crippen LogP contribution is 2.19. The summed E-state index contributed by atoms with van der Waals surface area (Å²) in [6, 6.07) is 8.67. The molecule has 0 aromatic heterocycles. The number of aliphatic hydroxyl groups is 1. The predicted octanol–water partition coefficient (Wildman–Crippen LogP) is 1.49. The Morgan fingerprint density at radius 1 is 1.22 bits per heavy atom. The molecule has 0 unspecified atom stereocenters. The van der Waals surface area contributed by atoms with E-state index in [4.69, 9.17) is 9.84 Å². The highest BCUT2D eigenvalue weighted by atomic mass is 16.5. The molecule has 0 amide bonds. The Bertz CT molecular complexity index is 341. The van der Waals surface area contributed by atoms with Gasteiger partial charge in [0.15, 0.2) is 0 Å². The number of benzene rings is 1. The Balaban J connectivity index is 2.29. The van der Waals surface area contributed by atoms with E-state index in [1.807, 2.05) is 18.2 Å². The van der Waals surface area contributed by atoms with Crippen LogP contribution in [0.25, 0.3) is 0 Å². The molecule has 3 nitrogen and oxygen atoms in total. The lowest BCUT2D eigenvalue weighted by Gasteiger charge is -2.17. The molecule has 0 heterocycles. The molecular formula is C15H26NO2+. The van der Waals surface area contributed by atoms with Crippen LogP contribution in [0.15, 0.2) is 24.3 Å². The Morgan fingerprint density at radius 2 is 1.94 bits per heavy atom. The predicted molar refractivity (Wildman–Crippen MR) is 73.8 cm³/mol. The third-order valence-corrected chi connectivity index (χ3v) is 3.15. The zero-order chi connectivity index (χ0) is 13.4. The second kappa shape index (κ2) is 8.11. The van der Waals surface area contributed by atoms with Gasteiger partial charge in [-0.3, -0.25) is 0 Å². The number of hydrogen-bond donors (Lipinski definition) is 2. The molecule has 1 rings (SSSR count). The van der Waals surface area contributed by atoms with Crippen LogP contribution in [0, 0.1) is 6.92 Å². The fourth-order valence-corrected chi connectivity index (χ4v) is 1.94. The van der Waals surface area contributed by atoms with Crippen molar-refractivity contribution in [3.8, 4) is 5.75 Å². The van der Waals surface area contributed by atoms with Crippen molar-refractivity contribution in [2.75, 3.05) is 13.2 Å². The van der Waals surface area contributed by atoms with Crippen molar-refractivity contribution in [1.82, 2.24) is 0 Å². The maximum Gasteiger partial charge on any atom is 0.122 e. The lowest BCUT2D eigenvalue weighted by atomic mass is 10.1. The zero-order valence-electron chi connectivity index (χ0n) is 11.7. The molecule has 0 fully saturated rings. The van der Waals surface area contributed by atoms with Gasteiger partial charge in [0.1, 0.15) is 5.75 Å². The fraction of sp³-hybridized carbons (Fsp3) is 0.600. The lowest BCUT2D eigenvalue weighted by Crippen LogP contribution is -2.90. The lowest BCUT2D eigenvalue weighted by molar-refractivity contribution is -0.687. The average Bonchev–Trinajstić information content (AvgIpc) is 2.36. The summed E-state index contributed by atoms with van der Waals surface area (Å²) in [5, 5.41) is 10.9. The maximum absolute atomic E-state index is 8.76. The minimum absolute atomic E-state index is 0.232. The van der Waals surface area contributed by atoms with Gasteiger partial charge in [-0.05, 0) is 38.8 Å². The SMILES string of the molecule is Cc1ccccc1O[C@H](C)CC[C@@H](C)[NH2+]CCO. The summed E-state index contributed by atoms with van der Waals surface area (Å²) in [5.74, 6) is 0.983. The standard InChI is InChI=1S/C15H25NO2/c1-12-6-4-5-7-15(12)18-14(3)9-8-13(2)16-10-11-17/h4-7,13-14,16-17H,8-11H2,1-3H3/p+1/t13-,14-/m1/s1. The van der Waals surface area contributed by atoms with E-state index in [1.54, 1.807) is 0 Å². The van der Waals surface area contributed by atoms with Crippen molar-refractivity contribution in [2.24, 2.45) is 0 Å². The summed E-state index contributed by atoms with van der Waals surface area (Å²) in [7, 11) is 0. The van der Waals surface area contributed by atoms with Gasteiger partial charge in [-0.2, -0.15) is 0 Å². The van der Waals surface area contributed by atoms with Crippen molar-refractivity contribution in [2.45, 2.75) is 45.8 Å². The largest absolute Gasteiger partial charge is 0.490 e. The van der Waals surface area contributed by atoms with Crippen molar-refractivity contribution in [3.05, 3.63) is 29.8 Å². The van der Waals surface area contributed by atoms with Gasteiger partial charge >= 0.3 is 0 Å². The normalized spacial score (nSPS) is 14.2. The zero-order valence-corrected chi connectivity index (χ0v) is 11.7. The van der Waals surface area contributed by atoms with Crippen LogP contribution in [0.1, 0.15) is 32.3 Å². The second-order valence-electron chi connectivity index (χ2n) is 5.00. The first-order chi connectivity index (χ1) is 8.63. The van der Waals surface area contributed by atoms with Gasteiger partial charge in [0, 0.05) is 6.42 Å². The van der Waals surface area contributed by atoms with Gasteiger partial charge in [0.2, 0.25) is 0 Å². The highest BCUT2D eigenvalue weighted by molar-refractivity contribution is 5.31. The van der Waals surface area contributed by atoms with Crippen LogP contribution < -0.4 is 10.1 Å². The van der Waals surface area contributed by atoms with Gasteiger partial charge in [-0.25, -0.2) is 0 Å². The number of hydrogen-bond acceptors (Lipinski definition) is 2. The Morgan fingerprint density at radius 3 is 2.61 bits per heavy atom. The second-order valence-corrected chi connectivity index (χ2v) is 5.00. The number of para-hydroxylation sites is 1. The Hall–Kier alpha value is -1.06. The molecule has 0 saturated carbocycles. The van der Waals surface area contributed by atoms with Crippen LogP contribution in [-0.4, -0.2) is 30.4 Å². The van der Waals surface area contributed by atoms with Crippen LogP contribution in [0.4, 0.5) is 0 Å². The first kappa shape index (κ1) is 15.0. The molecule has 0 saturated heterocycles. The van der Waals surface area contributed by atoms with E-state index >= 15 is 0 Å². The molecule has 1 aromatic carbocycles. The minimum atomic E-state index is 0.232. The molecule has 0 radical (unpaired) electrons. The molecule has 3 heteroatoms. The molecule has 0 bridgehead atoms. The quantitative estimate of drug-likeness (QED) is 0.736. The first-order valence-corrected chi connectivity index (χ1v) is 6.80. The van der Waals surface area contributed by atoms with Crippen LogP contribution in [0.2, 0.25) is 0 Å². The molecule has 1 aromatic rings. The minimum Gasteiger partial charge on any atom is -0.490 e. The van der Waals surface area contributed by atoms with Gasteiger partial charge in [0.05, 0.1) is 25.3 Å². The number of rotatable bonds is 8. The number of aliphatic hydroxyl groups excluding tert-OH is 1. The highest BCUT2D eigenvalue weighted by Gasteiger charge is 2.10. The molecule has 0 spiro atoms. The van der Waals surface area contributed by atoms with E-state index < -0.39 is 0 Å². The van der Waals surface area contributed by atoms with Crippen molar-refractivity contribution >= 4 is 0 Å². The molecule has 2 atom stereocenters. The van der Waals surface area contributed by atoms with Crippen LogP contribution in [0.5, 0.6) is 5.75 Å². The van der Waals surface area contributed by atoms with E-state index in [-0.39, 0.29) is 12.7 Å². The average molecular weight is 252 g/mol. The van der Waals surface area contributed by atoms with Gasteiger partial charge in [-0.1, -0.05) is 18.2 Å². The van der Waals surface area contributed by atoms with Gasteiger partial charge in [0.25, 0.3) is 0 Å². The Labute approximate surface area is 110 Å². The molecule has 0 aliphatic rings. The van der Waals surface area contributed by atoms with E-state index in [0.717, 1.165) is 25.1 Å². The summed E-state index contributed by atoms with van der Waals surface area (Å²) in [6.07, 6.45) is 2.38. The van der Waals surface area contributed by atoms with Crippen LogP contribution in [0.3, 0.4) is 0 Å². The molecule has 3 N–H and O–H groups in total.